The van der Waals surface area contributed by atoms with Gasteiger partial charge >= 0.3 is 0 Å². The number of methoxy groups -OCH3 is 1. The van der Waals surface area contributed by atoms with Crippen LogP contribution in [0.25, 0.3) is 0 Å². The van der Waals surface area contributed by atoms with Gasteiger partial charge in [0, 0.05) is 39.5 Å². The van der Waals surface area contributed by atoms with Crippen LogP contribution in [0.1, 0.15) is 6.92 Å². The molecule has 0 bridgehead atoms. The summed E-state index contributed by atoms with van der Waals surface area (Å²) in [5, 5.41) is 2.81. The number of hydrogen-bond acceptors (Lipinski definition) is 5. The average molecular weight is 273 g/mol. The highest BCUT2D eigenvalue weighted by atomic mass is 32.2. The third-order valence-corrected chi connectivity index (χ3v) is 4.66. The molecule has 0 saturated carbocycles. The summed E-state index contributed by atoms with van der Waals surface area (Å²) >= 11 is 0. The van der Waals surface area contributed by atoms with E-state index in [1.807, 2.05) is 0 Å². The molecular weight excluding hydrogens is 254 g/mol. The first-order chi connectivity index (χ1) is 8.43. The molecule has 0 aliphatic carbocycles. The molecule has 0 aliphatic rings. The topological polar surface area (TPSA) is 71.5 Å². The fourth-order valence-electron chi connectivity index (χ4n) is 1.46. The van der Waals surface area contributed by atoms with Gasteiger partial charge in [0.25, 0.3) is 0 Å². The van der Waals surface area contributed by atoms with Crippen LogP contribution in [-0.4, -0.2) is 51.6 Å². The molecule has 1 unspecified atom stereocenters. The fraction of sp³-hybridized carbons (Fsp3) is 0.545. The lowest BCUT2D eigenvalue weighted by Crippen LogP contribution is -2.37. The van der Waals surface area contributed by atoms with Crippen molar-refractivity contribution >= 4 is 15.8 Å². The Morgan fingerprint density at radius 3 is 2.78 bits per heavy atom. The highest BCUT2D eigenvalue weighted by Crippen LogP contribution is 2.18. The van der Waals surface area contributed by atoms with E-state index in [1.165, 1.54) is 22.6 Å². The van der Waals surface area contributed by atoms with Crippen LogP contribution >= 0.6 is 0 Å². The highest BCUT2D eigenvalue weighted by Gasteiger charge is 2.25. The molecule has 0 aliphatic heterocycles. The molecule has 0 aromatic carbocycles. The van der Waals surface area contributed by atoms with Gasteiger partial charge in [0.05, 0.1) is 11.5 Å². The zero-order valence-corrected chi connectivity index (χ0v) is 11.9. The summed E-state index contributed by atoms with van der Waals surface area (Å²) in [7, 11) is 1.26. The minimum absolute atomic E-state index is 0.215. The fourth-order valence-corrected chi connectivity index (χ4v) is 2.82. The van der Waals surface area contributed by atoms with Gasteiger partial charge in [-0.3, -0.25) is 0 Å². The van der Waals surface area contributed by atoms with E-state index in [-0.39, 0.29) is 10.9 Å². The minimum Gasteiger partial charge on any atom is -0.383 e. The summed E-state index contributed by atoms with van der Waals surface area (Å²) in [6.07, 6.45) is 1.47. The van der Waals surface area contributed by atoms with E-state index in [2.05, 4.69) is 10.3 Å². The third-order valence-electron chi connectivity index (χ3n) is 2.69. The van der Waals surface area contributed by atoms with E-state index in [0.717, 1.165) is 0 Å². The molecule has 0 amide bonds. The number of nitrogens with one attached hydrogen (secondary N) is 1. The summed E-state index contributed by atoms with van der Waals surface area (Å²) in [5.41, 5.74) is 0. The number of ether oxygens (including phenoxy) is 1. The molecule has 1 N–H and O–H groups in total. The molecule has 7 heteroatoms. The predicted molar refractivity (Wildman–Crippen MR) is 70.1 cm³/mol. The second kappa shape index (κ2) is 6.12. The van der Waals surface area contributed by atoms with Crippen LogP contribution < -0.4 is 5.32 Å². The number of anilines is 1. The first-order valence-corrected chi connectivity index (χ1v) is 6.98. The Morgan fingerprint density at radius 2 is 2.22 bits per heavy atom. The molecule has 0 radical (unpaired) electrons. The maximum atomic E-state index is 12.3. The standard InChI is InChI=1S/C11H19N3O3S/c1-9(8-17-4)14(3)18(15,16)10-5-6-13-11(7-10)12-2/h5-7,9H,8H2,1-4H3,(H,12,13). The second-order valence-electron chi connectivity index (χ2n) is 3.95. The van der Waals surface area contributed by atoms with Crippen LogP contribution in [-0.2, 0) is 14.8 Å². The van der Waals surface area contributed by atoms with Crippen LogP contribution in [0.2, 0.25) is 0 Å². The first kappa shape index (κ1) is 14.9. The SMILES string of the molecule is CNc1cc(S(=O)(=O)N(C)C(C)COC)ccn1. The van der Waals surface area contributed by atoms with Crippen LogP contribution in [0, 0.1) is 0 Å². The van der Waals surface area contributed by atoms with Crippen molar-refractivity contribution in [3.05, 3.63) is 18.3 Å². The smallest absolute Gasteiger partial charge is 0.243 e. The number of rotatable bonds is 6. The molecule has 0 fully saturated rings. The molecule has 102 valence electrons. The quantitative estimate of drug-likeness (QED) is 0.829. The van der Waals surface area contributed by atoms with Crippen LogP contribution in [0.15, 0.2) is 23.2 Å². The lowest BCUT2D eigenvalue weighted by molar-refractivity contribution is 0.149. The van der Waals surface area contributed by atoms with E-state index in [1.54, 1.807) is 28.1 Å². The average Bonchev–Trinajstić information content (AvgIpc) is 2.38. The van der Waals surface area contributed by atoms with Crippen LogP contribution in [0.3, 0.4) is 0 Å². The van der Waals surface area contributed by atoms with E-state index >= 15 is 0 Å². The van der Waals surface area contributed by atoms with Crippen LogP contribution in [0.4, 0.5) is 5.82 Å². The molecule has 6 nitrogen and oxygen atoms in total. The number of likely N-dealkylation sites (N-methyl/N-ethyl adjacent to an activating group) is 1. The number of hydrogen-bond donors (Lipinski definition) is 1. The van der Waals surface area contributed by atoms with Gasteiger partial charge in [-0.25, -0.2) is 13.4 Å². The number of nitrogens with zero attached hydrogens (tertiary/aromatic N) is 2. The Labute approximate surface area is 108 Å². The predicted octanol–water partition coefficient (Wildman–Crippen LogP) is 0.779. The van der Waals surface area contributed by atoms with Crippen molar-refractivity contribution in [3.63, 3.8) is 0 Å². The van der Waals surface area contributed by atoms with Gasteiger partial charge in [0.15, 0.2) is 0 Å². The van der Waals surface area contributed by atoms with Crippen molar-refractivity contribution in [2.45, 2.75) is 17.9 Å². The summed E-state index contributed by atoms with van der Waals surface area (Å²) in [4.78, 5) is 4.21. The van der Waals surface area contributed by atoms with Gasteiger partial charge in [-0.05, 0) is 13.0 Å². The van der Waals surface area contributed by atoms with Gasteiger partial charge in [0.2, 0.25) is 10.0 Å². The normalized spacial score (nSPS) is 13.6. The van der Waals surface area contributed by atoms with Crippen molar-refractivity contribution in [2.75, 3.05) is 33.1 Å². The van der Waals surface area contributed by atoms with Gasteiger partial charge in [-0.15, -0.1) is 0 Å². The number of pyridine rings is 1. The molecular formula is C11H19N3O3S. The Hall–Kier alpha value is -1.18. The Morgan fingerprint density at radius 1 is 1.56 bits per heavy atom. The van der Waals surface area contributed by atoms with Crippen molar-refractivity contribution in [2.24, 2.45) is 0 Å². The molecule has 1 atom stereocenters. The Kier molecular flexibility index (Phi) is 5.06. The lowest BCUT2D eigenvalue weighted by atomic mass is 10.4. The van der Waals surface area contributed by atoms with Crippen molar-refractivity contribution in [1.29, 1.82) is 0 Å². The summed E-state index contributed by atoms with van der Waals surface area (Å²) in [6, 6.07) is 2.75. The summed E-state index contributed by atoms with van der Waals surface area (Å²) in [5.74, 6) is 0.517. The molecule has 1 aromatic heterocycles. The first-order valence-electron chi connectivity index (χ1n) is 5.54. The van der Waals surface area contributed by atoms with Gasteiger partial charge in [-0.2, -0.15) is 4.31 Å². The van der Waals surface area contributed by atoms with Crippen molar-refractivity contribution in [1.82, 2.24) is 9.29 Å². The minimum atomic E-state index is -3.52. The molecule has 1 rings (SSSR count). The lowest BCUT2D eigenvalue weighted by Gasteiger charge is -2.23. The zero-order valence-electron chi connectivity index (χ0n) is 11.0. The molecule has 18 heavy (non-hydrogen) atoms. The summed E-state index contributed by atoms with van der Waals surface area (Å²) < 4.78 is 30.9. The van der Waals surface area contributed by atoms with E-state index < -0.39 is 10.0 Å². The van der Waals surface area contributed by atoms with Crippen LogP contribution in [0.5, 0.6) is 0 Å². The van der Waals surface area contributed by atoms with Crippen molar-refractivity contribution in [3.8, 4) is 0 Å². The Balaban J connectivity index is 3.05. The number of sulfonamides is 1. The highest BCUT2D eigenvalue weighted by molar-refractivity contribution is 7.89. The molecule has 1 heterocycles. The van der Waals surface area contributed by atoms with E-state index in [0.29, 0.717) is 12.4 Å². The maximum Gasteiger partial charge on any atom is 0.243 e. The largest absolute Gasteiger partial charge is 0.383 e. The molecule has 0 saturated heterocycles. The third kappa shape index (κ3) is 3.18. The zero-order chi connectivity index (χ0) is 13.8. The molecule has 1 aromatic rings. The molecule has 0 spiro atoms. The number of aromatic nitrogens is 1. The van der Waals surface area contributed by atoms with Crippen molar-refractivity contribution < 1.29 is 13.2 Å². The maximum absolute atomic E-state index is 12.3. The van der Waals surface area contributed by atoms with E-state index in [4.69, 9.17) is 4.74 Å². The van der Waals surface area contributed by atoms with E-state index in [9.17, 15) is 8.42 Å². The Bertz CT molecular complexity index is 490. The van der Waals surface area contributed by atoms with Gasteiger partial charge in [-0.1, -0.05) is 0 Å². The second-order valence-corrected chi connectivity index (χ2v) is 5.95. The summed E-state index contributed by atoms with van der Waals surface area (Å²) in [6.45, 7) is 2.14. The van der Waals surface area contributed by atoms with Gasteiger partial charge in [0.1, 0.15) is 5.82 Å². The van der Waals surface area contributed by atoms with Gasteiger partial charge < -0.3 is 10.1 Å². The monoisotopic (exact) mass is 273 g/mol.